The van der Waals surface area contributed by atoms with Gasteiger partial charge in [0.2, 0.25) is 0 Å². The highest BCUT2D eigenvalue weighted by molar-refractivity contribution is 5.82. The molecule has 2 rings (SSSR count). The lowest BCUT2D eigenvalue weighted by molar-refractivity contribution is -0.150. The fraction of sp³-hybridized carbons (Fsp3) is 0.857. The fourth-order valence-electron chi connectivity index (χ4n) is 2.89. The van der Waals surface area contributed by atoms with Crippen LogP contribution >= 0.6 is 0 Å². The zero-order chi connectivity index (χ0) is 16.7. The second-order valence-corrected chi connectivity index (χ2v) is 6.82. The van der Waals surface area contributed by atoms with Crippen molar-refractivity contribution in [3.63, 3.8) is 0 Å². The number of hydrogen-bond acceptors (Lipinski definition) is 5. The number of hydrogen-bond donors (Lipinski definition) is 0. The summed E-state index contributed by atoms with van der Waals surface area (Å²) in [4.78, 5) is 26.9. The first-order valence-electron chi connectivity index (χ1n) is 7.22. The molecule has 0 aromatic heterocycles. The van der Waals surface area contributed by atoms with Crippen LogP contribution in [-0.2, 0) is 14.3 Å². The highest BCUT2D eigenvalue weighted by atomic mass is 19.3. The van der Waals surface area contributed by atoms with E-state index in [4.69, 9.17) is 9.47 Å². The molecule has 2 heterocycles. The summed E-state index contributed by atoms with van der Waals surface area (Å²) in [6, 6.07) is -1.39. The molecular formula is C14H22F2N2O4. The molecule has 0 spiro atoms. The van der Waals surface area contributed by atoms with Crippen molar-refractivity contribution in [2.45, 2.75) is 50.8 Å². The topological polar surface area (TPSA) is 59.1 Å². The third-order valence-electron chi connectivity index (χ3n) is 3.78. The molecule has 8 heteroatoms. The van der Waals surface area contributed by atoms with Crippen LogP contribution in [0.3, 0.4) is 0 Å². The van der Waals surface area contributed by atoms with E-state index < -0.39 is 42.2 Å². The number of rotatable bonds is 1. The largest absolute Gasteiger partial charge is 0.467 e. The van der Waals surface area contributed by atoms with Gasteiger partial charge >= 0.3 is 12.1 Å². The SMILES string of the molecule is COC(=O)C1CN2CC(F)(F)CC2CN1C(=O)OC(C)(C)C. The van der Waals surface area contributed by atoms with Gasteiger partial charge < -0.3 is 9.47 Å². The van der Waals surface area contributed by atoms with E-state index in [1.165, 1.54) is 12.0 Å². The Hall–Kier alpha value is -1.44. The van der Waals surface area contributed by atoms with E-state index in [1.807, 2.05) is 0 Å². The van der Waals surface area contributed by atoms with Gasteiger partial charge in [0.25, 0.3) is 5.92 Å². The summed E-state index contributed by atoms with van der Waals surface area (Å²) in [5.74, 6) is -3.42. The zero-order valence-corrected chi connectivity index (χ0v) is 13.3. The fourth-order valence-corrected chi connectivity index (χ4v) is 2.89. The van der Waals surface area contributed by atoms with Gasteiger partial charge in [-0.2, -0.15) is 0 Å². The van der Waals surface area contributed by atoms with Crippen LogP contribution in [0.2, 0.25) is 0 Å². The number of alkyl halides is 2. The minimum Gasteiger partial charge on any atom is -0.467 e. The summed E-state index contributed by atoms with van der Waals surface area (Å²) >= 11 is 0. The number of methoxy groups -OCH3 is 1. The van der Waals surface area contributed by atoms with Gasteiger partial charge in [0.15, 0.2) is 0 Å². The van der Waals surface area contributed by atoms with Gasteiger partial charge in [-0.25, -0.2) is 18.4 Å². The third kappa shape index (κ3) is 3.66. The summed E-state index contributed by atoms with van der Waals surface area (Å²) in [5, 5.41) is 0. The van der Waals surface area contributed by atoms with Gasteiger partial charge in [-0.05, 0) is 20.8 Å². The molecule has 2 aliphatic rings. The molecule has 2 unspecified atom stereocenters. The van der Waals surface area contributed by atoms with Crippen LogP contribution in [0.4, 0.5) is 13.6 Å². The number of esters is 1. The number of piperazine rings is 1. The highest BCUT2D eigenvalue weighted by Crippen LogP contribution is 2.35. The Balaban J connectivity index is 2.18. The van der Waals surface area contributed by atoms with Crippen LogP contribution in [0.5, 0.6) is 0 Å². The molecule has 126 valence electrons. The van der Waals surface area contributed by atoms with E-state index in [9.17, 15) is 18.4 Å². The van der Waals surface area contributed by atoms with Crippen molar-refractivity contribution < 1.29 is 27.8 Å². The van der Waals surface area contributed by atoms with E-state index in [0.717, 1.165) is 0 Å². The smallest absolute Gasteiger partial charge is 0.411 e. The van der Waals surface area contributed by atoms with Crippen LogP contribution in [-0.4, -0.2) is 72.2 Å². The molecular weight excluding hydrogens is 298 g/mol. The summed E-state index contributed by atoms with van der Waals surface area (Å²) in [7, 11) is 1.21. The number of fused-ring (bicyclic) bond motifs is 1. The molecule has 2 aliphatic heterocycles. The molecule has 0 aromatic rings. The maximum absolute atomic E-state index is 13.6. The van der Waals surface area contributed by atoms with Crippen LogP contribution in [0, 0.1) is 0 Å². The molecule has 2 fully saturated rings. The number of amides is 1. The van der Waals surface area contributed by atoms with Gasteiger partial charge in [0.1, 0.15) is 11.6 Å². The van der Waals surface area contributed by atoms with Gasteiger partial charge in [-0.1, -0.05) is 0 Å². The van der Waals surface area contributed by atoms with Crippen molar-refractivity contribution in [2.24, 2.45) is 0 Å². The first-order valence-corrected chi connectivity index (χ1v) is 7.22. The Morgan fingerprint density at radius 3 is 2.41 bits per heavy atom. The quantitative estimate of drug-likeness (QED) is 0.685. The van der Waals surface area contributed by atoms with E-state index in [2.05, 4.69) is 0 Å². The number of carbonyl (C=O) groups excluding carboxylic acids is 2. The number of halogens is 2. The van der Waals surface area contributed by atoms with Gasteiger partial charge in [-0.15, -0.1) is 0 Å². The van der Waals surface area contributed by atoms with Gasteiger partial charge in [0, 0.05) is 25.6 Å². The highest BCUT2D eigenvalue weighted by Gasteiger charge is 2.51. The average Bonchev–Trinajstić information content (AvgIpc) is 2.67. The lowest BCUT2D eigenvalue weighted by Gasteiger charge is -2.41. The van der Waals surface area contributed by atoms with Crippen molar-refractivity contribution in [3.05, 3.63) is 0 Å². The summed E-state index contributed by atoms with van der Waals surface area (Å²) < 4.78 is 37.1. The molecule has 0 N–H and O–H groups in total. The van der Waals surface area contributed by atoms with Crippen LogP contribution in [0.1, 0.15) is 27.2 Å². The summed E-state index contributed by atoms with van der Waals surface area (Å²) in [6.07, 6.45) is -1.00. The average molecular weight is 320 g/mol. The molecule has 1 amide bonds. The normalized spacial score (nSPS) is 28.2. The maximum Gasteiger partial charge on any atom is 0.411 e. The number of carbonyl (C=O) groups is 2. The first-order chi connectivity index (χ1) is 10.0. The standard InChI is InChI=1S/C14H22F2N2O4/c1-13(2,3)22-12(20)18-6-9-5-14(15,16)8-17(9)7-10(18)11(19)21-4/h9-10H,5-8H2,1-4H3. The minimum absolute atomic E-state index is 0.0320. The summed E-state index contributed by atoms with van der Waals surface area (Å²) in [6.45, 7) is 4.79. The number of nitrogens with zero attached hydrogens (tertiary/aromatic N) is 2. The second kappa shape index (κ2) is 5.64. The minimum atomic E-state index is -2.80. The monoisotopic (exact) mass is 320 g/mol. The van der Waals surface area contributed by atoms with Crippen LogP contribution < -0.4 is 0 Å². The Morgan fingerprint density at radius 2 is 1.86 bits per heavy atom. The predicted octanol–water partition coefficient (Wildman–Crippen LogP) is 1.49. The Labute approximate surface area is 128 Å². The molecule has 22 heavy (non-hydrogen) atoms. The van der Waals surface area contributed by atoms with Crippen molar-refractivity contribution in [1.29, 1.82) is 0 Å². The lowest BCUT2D eigenvalue weighted by atomic mass is 10.1. The Morgan fingerprint density at radius 1 is 1.23 bits per heavy atom. The van der Waals surface area contributed by atoms with Crippen molar-refractivity contribution in [2.75, 3.05) is 26.7 Å². The van der Waals surface area contributed by atoms with Crippen LogP contribution in [0.15, 0.2) is 0 Å². The molecule has 2 saturated heterocycles. The van der Waals surface area contributed by atoms with Gasteiger partial charge in [0.05, 0.1) is 13.7 Å². The molecule has 0 aliphatic carbocycles. The zero-order valence-electron chi connectivity index (χ0n) is 13.3. The molecule has 6 nitrogen and oxygen atoms in total. The molecule has 0 saturated carbocycles. The molecule has 2 atom stereocenters. The van der Waals surface area contributed by atoms with Crippen molar-refractivity contribution in [3.8, 4) is 0 Å². The lowest BCUT2D eigenvalue weighted by Crippen LogP contribution is -2.61. The first kappa shape index (κ1) is 16.9. The predicted molar refractivity (Wildman–Crippen MR) is 73.7 cm³/mol. The van der Waals surface area contributed by atoms with Crippen molar-refractivity contribution in [1.82, 2.24) is 9.80 Å². The van der Waals surface area contributed by atoms with Gasteiger partial charge in [-0.3, -0.25) is 9.80 Å². The second-order valence-electron chi connectivity index (χ2n) is 6.82. The van der Waals surface area contributed by atoms with E-state index >= 15 is 0 Å². The van der Waals surface area contributed by atoms with Crippen LogP contribution in [0.25, 0.3) is 0 Å². The summed E-state index contributed by atoms with van der Waals surface area (Å²) in [5.41, 5.74) is -0.728. The molecule has 0 bridgehead atoms. The Kier molecular flexibility index (Phi) is 4.34. The van der Waals surface area contributed by atoms with Crippen molar-refractivity contribution >= 4 is 12.1 Å². The number of ether oxygens (including phenoxy) is 2. The van der Waals surface area contributed by atoms with E-state index in [0.29, 0.717) is 0 Å². The Bertz CT molecular complexity index is 464. The van der Waals surface area contributed by atoms with E-state index in [1.54, 1.807) is 25.7 Å². The molecule has 0 aromatic carbocycles. The molecule has 0 radical (unpaired) electrons. The maximum atomic E-state index is 13.6. The third-order valence-corrected chi connectivity index (χ3v) is 3.78. The van der Waals surface area contributed by atoms with E-state index in [-0.39, 0.29) is 19.5 Å².